The molecule has 0 spiro atoms. The summed E-state index contributed by atoms with van der Waals surface area (Å²) >= 11 is 0. The van der Waals surface area contributed by atoms with Gasteiger partial charge in [0.1, 0.15) is 9.84 Å². The molecule has 0 bridgehead atoms. The second-order valence-corrected chi connectivity index (χ2v) is 9.71. The second kappa shape index (κ2) is 6.17. The van der Waals surface area contributed by atoms with Crippen LogP contribution in [0.2, 0.25) is 0 Å². The van der Waals surface area contributed by atoms with Gasteiger partial charge in [-0.2, -0.15) is 0 Å². The molecule has 0 aromatic rings. The maximum absolute atomic E-state index is 11.7. The monoisotopic (exact) mass is 315 g/mol. The summed E-state index contributed by atoms with van der Waals surface area (Å²) in [6, 6.07) is 0.710. The molecule has 0 aromatic carbocycles. The highest BCUT2D eigenvalue weighted by Gasteiger charge is 2.50. The Labute approximate surface area is 128 Å². The van der Waals surface area contributed by atoms with Gasteiger partial charge in [0.05, 0.1) is 11.9 Å². The van der Waals surface area contributed by atoms with Crippen LogP contribution in [0.3, 0.4) is 0 Å². The maximum atomic E-state index is 11.7. The summed E-state index contributed by atoms with van der Waals surface area (Å²) in [5, 5.41) is 3.68. The lowest BCUT2D eigenvalue weighted by Gasteiger charge is -2.35. The minimum atomic E-state index is -2.84. The number of hydrogen-bond acceptors (Lipinski definition) is 4. The highest BCUT2D eigenvalue weighted by atomic mass is 32.2. The van der Waals surface area contributed by atoms with E-state index in [0.717, 1.165) is 38.3 Å². The van der Waals surface area contributed by atoms with Crippen LogP contribution in [-0.4, -0.2) is 45.2 Å². The van der Waals surface area contributed by atoms with Crippen molar-refractivity contribution >= 4 is 9.84 Å². The van der Waals surface area contributed by atoms with Crippen molar-refractivity contribution in [1.82, 2.24) is 5.32 Å². The van der Waals surface area contributed by atoms with Crippen molar-refractivity contribution in [3.05, 3.63) is 0 Å². The zero-order valence-electron chi connectivity index (χ0n) is 13.1. The van der Waals surface area contributed by atoms with Crippen molar-refractivity contribution < 1.29 is 13.2 Å². The molecule has 2 aliphatic carbocycles. The molecule has 1 saturated heterocycles. The Morgan fingerprint density at radius 1 is 1.24 bits per heavy atom. The first kappa shape index (κ1) is 15.8. The molecule has 2 atom stereocenters. The lowest BCUT2D eigenvalue weighted by molar-refractivity contribution is 0.0261. The van der Waals surface area contributed by atoms with E-state index in [1.54, 1.807) is 6.92 Å². The Balaban J connectivity index is 1.60. The number of hydrogen-bond donors (Lipinski definition) is 1. The van der Waals surface area contributed by atoms with Gasteiger partial charge in [-0.25, -0.2) is 8.42 Å². The Bertz CT molecular complexity index is 456. The fourth-order valence-corrected chi connectivity index (χ4v) is 4.58. The van der Waals surface area contributed by atoms with E-state index in [1.165, 1.54) is 25.7 Å². The Hall–Kier alpha value is -0.130. The first-order valence-corrected chi connectivity index (χ1v) is 10.4. The molecule has 0 aromatic heterocycles. The first-order chi connectivity index (χ1) is 10.0. The predicted octanol–water partition coefficient (Wildman–Crippen LogP) is 2.14. The van der Waals surface area contributed by atoms with Crippen LogP contribution in [0.5, 0.6) is 0 Å². The zero-order valence-corrected chi connectivity index (χ0v) is 14.0. The summed E-state index contributed by atoms with van der Waals surface area (Å²) in [4.78, 5) is 0. The van der Waals surface area contributed by atoms with Gasteiger partial charge in [-0.1, -0.05) is 6.92 Å². The number of sulfone groups is 1. The summed E-state index contributed by atoms with van der Waals surface area (Å²) in [5.41, 5.74) is 0.188. The molecule has 4 nitrogen and oxygen atoms in total. The average Bonchev–Trinajstić information content (AvgIpc) is 3.37. The molecule has 2 unspecified atom stereocenters. The van der Waals surface area contributed by atoms with Gasteiger partial charge in [-0.15, -0.1) is 0 Å². The van der Waals surface area contributed by atoms with E-state index in [4.69, 9.17) is 4.74 Å². The molecule has 2 saturated carbocycles. The SMILES string of the molecule is CCS(=O)(=O)CCCC1(CNC2CC2)CCOC1C1CC1. The Morgan fingerprint density at radius 3 is 2.62 bits per heavy atom. The Morgan fingerprint density at radius 2 is 2.00 bits per heavy atom. The molecular weight excluding hydrogens is 286 g/mol. The van der Waals surface area contributed by atoms with Gasteiger partial charge in [0.25, 0.3) is 0 Å². The van der Waals surface area contributed by atoms with Crippen molar-refractivity contribution in [2.24, 2.45) is 11.3 Å². The van der Waals surface area contributed by atoms with Crippen LogP contribution >= 0.6 is 0 Å². The fourth-order valence-electron chi connectivity index (χ4n) is 3.71. The van der Waals surface area contributed by atoms with Gasteiger partial charge >= 0.3 is 0 Å². The largest absolute Gasteiger partial charge is 0.377 e. The van der Waals surface area contributed by atoms with E-state index in [2.05, 4.69) is 5.32 Å². The molecule has 1 N–H and O–H groups in total. The van der Waals surface area contributed by atoms with Crippen LogP contribution in [0, 0.1) is 11.3 Å². The number of nitrogens with one attached hydrogen (secondary N) is 1. The van der Waals surface area contributed by atoms with Crippen molar-refractivity contribution in [2.45, 2.75) is 64.0 Å². The molecule has 122 valence electrons. The van der Waals surface area contributed by atoms with Crippen molar-refractivity contribution in [2.75, 3.05) is 24.7 Å². The highest BCUT2D eigenvalue weighted by Crippen LogP contribution is 2.50. The smallest absolute Gasteiger partial charge is 0.150 e. The summed E-state index contributed by atoms with van der Waals surface area (Å²) in [5.74, 6) is 1.34. The molecule has 3 rings (SSSR count). The molecular formula is C16H29NO3S. The van der Waals surface area contributed by atoms with Gasteiger partial charge in [0.2, 0.25) is 0 Å². The van der Waals surface area contributed by atoms with Crippen molar-refractivity contribution in [1.29, 1.82) is 0 Å². The summed E-state index contributed by atoms with van der Waals surface area (Å²) in [7, 11) is -2.84. The van der Waals surface area contributed by atoms with Crippen LogP contribution in [0.15, 0.2) is 0 Å². The molecule has 3 aliphatic rings. The highest BCUT2D eigenvalue weighted by molar-refractivity contribution is 7.91. The zero-order chi connectivity index (χ0) is 14.9. The van der Waals surface area contributed by atoms with Gasteiger partial charge in [-0.05, 0) is 50.9 Å². The van der Waals surface area contributed by atoms with Crippen LogP contribution < -0.4 is 5.32 Å². The third kappa shape index (κ3) is 3.99. The molecule has 3 fully saturated rings. The lowest BCUT2D eigenvalue weighted by Crippen LogP contribution is -2.43. The van der Waals surface area contributed by atoms with E-state index in [1.807, 2.05) is 0 Å². The maximum Gasteiger partial charge on any atom is 0.150 e. The van der Waals surface area contributed by atoms with Gasteiger partial charge in [0.15, 0.2) is 0 Å². The van der Waals surface area contributed by atoms with Crippen LogP contribution in [0.1, 0.15) is 51.9 Å². The molecule has 1 aliphatic heterocycles. The van der Waals surface area contributed by atoms with Gasteiger partial charge in [0, 0.05) is 30.4 Å². The lowest BCUT2D eigenvalue weighted by atomic mass is 9.75. The second-order valence-electron chi connectivity index (χ2n) is 7.24. The van der Waals surface area contributed by atoms with E-state index >= 15 is 0 Å². The third-order valence-corrected chi connectivity index (χ3v) is 7.23. The quantitative estimate of drug-likeness (QED) is 0.708. The van der Waals surface area contributed by atoms with Crippen LogP contribution in [0.4, 0.5) is 0 Å². The van der Waals surface area contributed by atoms with Crippen molar-refractivity contribution in [3.63, 3.8) is 0 Å². The van der Waals surface area contributed by atoms with Crippen molar-refractivity contribution in [3.8, 4) is 0 Å². The minimum absolute atomic E-state index is 0.188. The molecule has 0 radical (unpaired) electrons. The van der Waals surface area contributed by atoms with E-state index in [-0.39, 0.29) is 11.2 Å². The van der Waals surface area contributed by atoms with Crippen LogP contribution in [0.25, 0.3) is 0 Å². The van der Waals surface area contributed by atoms with Gasteiger partial charge < -0.3 is 10.1 Å². The normalized spacial score (nSPS) is 33.5. The summed E-state index contributed by atoms with van der Waals surface area (Å²) in [6.45, 7) is 3.62. The molecule has 1 heterocycles. The van der Waals surface area contributed by atoms with Crippen LogP contribution in [-0.2, 0) is 14.6 Å². The Kier molecular flexibility index (Phi) is 4.63. The van der Waals surface area contributed by atoms with Gasteiger partial charge in [-0.3, -0.25) is 0 Å². The predicted molar refractivity (Wildman–Crippen MR) is 84.1 cm³/mol. The number of rotatable bonds is 9. The summed E-state index contributed by atoms with van der Waals surface area (Å²) < 4.78 is 29.5. The number of ether oxygens (including phenoxy) is 1. The van der Waals surface area contributed by atoms with E-state index in [9.17, 15) is 8.42 Å². The molecule has 5 heteroatoms. The molecule has 21 heavy (non-hydrogen) atoms. The summed E-state index contributed by atoms with van der Waals surface area (Å²) in [6.07, 6.45) is 8.44. The standard InChI is InChI=1S/C16H29NO3S/c1-2-21(18,19)11-3-8-16(12-17-14-6-7-14)9-10-20-15(16)13-4-5-13/h13-15,17H,2-12H2,1H3. The topological polar surface area (TPSA) is 55.4 Å². The third-order valence-electron chi connectivity index (χ3n) is 5.44. The minimum Gasteiger partial charge on any atom is -0.377 e. The first-order valence-electron chi connectivity index (χ1n) is 8.60. The van der Waals surface area contributed by atoms with E-state index in [0.29, 0.717) is 17.9 Å². The van der Waals surface area contributed by atoms with E-state index < -0.39 is 9.84 Å². The molecule has 0 amide bonds. The average molecular weight is 315 g/mol. The fraction of sp³-hybridized carbons (Fsp3) is 1.00.